The van der Waals surface area contributed by atoms with Crippen LogP contribution in [0, 0.1) is 0 Å². The van der Waals surface area contributed by atoms with Crippen molar-refractivity contribution in [2.24, 2.45) is 0 Å². The van der Waals surface area contributed by atoms with Gasteiger partial charge in [-0.05, 0) is 37.1 Å². The lowest BCUT2D eigenvalue weighted by atomic mass is 10.1. The molecule has 2 aromatic carbocycles. The van der Waals surface area contributed by atoms with E-state index in [0.717, 1.165) is 29.0 Å². The zero-order valence-electron chi connectivity index (χ0n) is 13.3. The minimum Gasteiger partial charge on any atom is -0.422 e. The van der Waals surface area contributed by atoms with Gasteiger partial charge < -0.3 is 14.2 Å². The molecule has 24 heavy (non-hydrogen) atoms. The summed E-state index contributed by atoms with van der Waals surface area (Å²) in [5.74, 6) is 0. The van der Waals surface area contributed by atoms with Crippen LogP contribution in [0.5, 0.6) is 0 Å². The van der Waals surface area contributed by atoms with Crippen LogP contribution in [0.1, 0.15) is 18.4 Å². The van der Waals surface area contributed by atoms with Crippen LogP contribution in [0.15, 0.2) is 63.8 Å². The largest absolute Gasteiger partial charge is 0.422 e. The molecule has 0 atom stereocenters. The number of rotatable bonds is 2. The maximum atomic E-state index is 12.6. The van der Waals surface area contributed by atoms with Gasteiger partial charge in [0.25, 0.3) is 0 Å². The van der Waals surface area contributed by atoms with Crippen LogP contribution in [-0.2, 0) is 6.54 Å². The summed E-state index contributed by atoms with van der Waals surface area (Å²) in [6.45, 7) is 1.41. The molecule has 0 saturated heterocycles. The van der Waals surface area contributed by atoms with Gasteiger partial charge in [0, 0.05) is 17.1 Å². The first kappa shape index (κ1) is 13.7. The molecule has 1 saturated carbocycles. The molecule has 1 aliphatic heterocycles. The molecule has 2 heterocycles. The minimum absolute atomic E-state index is 0.213. The Bertz CT molecular complexity index is 960. The van der Waals surface area contributed by atoms with E-state index < -0.39 is 0 Å². The summed E-state index contributed by atoms with van der Waals surface area (Å²) in [7, 11) is 0. The van der Waals surface area contributed by atoms with E-state index in [2.05, 4.69) is 28.0 Å². The van der Waals surface area contributed by atoms with Gasteiger partial charge in [0.1, 0.15) is 5.58 Å². The monoisotopic (exact) mass is 318 g/mol. The Hall–Kier alpha value is -2.75. The molecule has 0 spiro atoms. The van der Waals surface area contributed by atoms with Gasteiger partial charge in [-0.3, -0.25) is 0 Å². The summed E-state index contributed by atoms with van der Waals surface area (Å²) >= 11 is 0. The molecule has 0 radical (unpaired) electrons. The van der Waals surface area contributed by atoms with E-state index in [1.165, 1.54) is 12.8 Å². The van der Waals surface area contributed by atoms with Crippen molar-refractivity contribution in [3.63, 3.8) is 0 Å². The molecule has 3 aromatic rings. The van der Waals surface area contributed by atoms with Gasteiger partial charge >= 0.3 is 5.63 Å². The molecule has 4 nitrogen and oxygen atoms in total. The quantitative estimate of drug-likeness (QED) is 0.675. The smallest absolute Gasteiger partial charge is 0.343 e. The van der Waals surface area contributed by atoms with Crippen LogP contribution in [0.25, 0.3) is 11.0 Å². The Balaban J connectivity index is 1.71. The summed E-state index contributed by atoms with van der Waals surface area (Å²) in [5, 5.41) is 1.05. The lowest BCUT2D eigenvalue weighted by molar-refractivity contribution is 0.539. The fourth-order valence-corrected chi connectivity index (χ4v) is 3.63. The summed E-state index contributed by atoms with van der Waals surface area (Å²) in [6, 6.07) is 18.7. The third-order valence-electron chi connectivity index (χ3n) is 4.95. The molecule has 120 valence electrons. The second-order valence-corrected chi connectivity index (χ2v) is 6.59. The second-order valence-electron chi connectivity index (χ2n) is 6.59. The number of anilines is 2. The second kappa shape index (κ2) is 5.13. The van der Waals surface area contributed by atoms with Gasteiger partial charge in [0.15, 0.2) is 0 Å². The average Bonchev–Trinajstić information content (AvgIpc) is 3.47. The molecular weight excluding hydrogens is 300 g/mol. The summed E-state index contributed by atoms with van der Waals surface area (Å²) in [4.78, 5) is 17.3. The van der Waals surface area contributed by atoms with Crippen LogP contribution in [0.3, 0.4) is 0 Å². The molecule has 5 rings (SSSR count). The van der Waals surface area contributed by atoms with E-state index in [9.17, 15) is 4.79 Å². The van der Waals surface area contributed by atoms with Crippen LogP contribution in [0.4, 0.5) is 11.4 Å². The Morgan fingerprint density at radius 1 is 0.958 bits per heavy atom. The van der Waals surface area contributed by atoms with E-state index in [1.807, 2.05) is 36.4 Å². The highest BCUT2D eigenvalue weighted by atomic mass is 16.4. The maximum Gasteiger partial charge on any atom is 0.343 e. The first-order valence-corrected chi connectivity index (χ1v) is 8.42. The number of para-hydroxylation sites is 2. The molecule has 0 unspecified atom stereocenters. The van der Waals surface area contributed by atoms with Crippen molar-refractivity contribution in [1.29, 1.82) is 0 Å². The highest BCUT2D eigenvalue weighted by Crippen LogP contribution is 2.40. The first-order chi connectivity index (χ1) is 11.8. The number of hydrogen-bond acceptors (Lipinski definition) is 4. The third-order valence-corrected chi connectivity index (χ3v) is 4.95. The number of fused-ring (bicyclic) bond motifs is 3. The molecule has 0 bridgehead atoms. The topological polar surface area (TPSA) is 36.7 Å². The molecule has 1 aromatic heterocycles. The summed E-state index contributed by atoms with van der Waals surface area (Å²) < 4.78 is 5.58. The maximum absolute atomic E-state index is 12.6. The number of hydrogen-bond donors (Lipinski definition) is 0. The lowest BCUT2D eigenvalue weighted by Gasteiger charge is -2.39. The Kier molecular flexibility index (Phi) is 2.92. The molecule has 1 fully saturated rings. The standard InChI is InChI=1S/C20H18N2O2/c23-20-17-12-21(14-6-2-1-3-7-14)13-22(15-10-11-15)19(17)16-8-4-5-9-18(16)24-20/h1-9,15H,10-13H2. The van der Waals surface area contributed by atoms with E-state index >= 15 is 0 Å². The molecule has 0 N–H and O–H groups in total. The Morgan fingerprint density at radius 3 is 2.50 bits per heavy atom. The molecule has 1 aliphatic carbocycles. The van der Waals surface area contributed by atoms with E-state index in [1.54, 1.807) is 0 Å². The minimum atomic E-state index is -0.213. The van der Waals surface area contributed by atoms with Crippen LogP contribution >= 0.6 is 0 Å². The predicted octanol–water partition coefficient (Wildman–Crippen LogP) is 3.74. The van der Waals surface area contributed by atoms with Gasteiger partial charge in [-0.2, -0.15) is 0 Å². The lowest BCUT2D eigenvalue weighted by Crippen LogP contribution is -2.45. The van der Waals surface area contributed by atoms with E-state index in [0.29, 0.717) is 18.2 Å². The van der Waals surface area contributed by atoms with Crippen molar-refractivity contribution < 1.29 is 4.42 Å². The number of benzene rings is 2. The van der Waals surface area contributed by atoms with Crippen molar-refractivity contribution in [3.05, 3.63) is 70.6 Å². The van der Waals surface area contributed by atoms with E-state index in [-0.39, 0.29) is 5.63 Å². The van der Waals surface area contributed by atoms with E-state index in [4.69, 9.17) is 4.42 Å². The SMILES string of the molecule is O=c1oc2ccccc2c2c1CN(c1ccccc1)CN2C1CC1. The van der Waals surface area contributed by atoms with Crippen LogP contribution in [0.2, 0.25) is 0 Å². The summed E-state index contributed by atoms with van der Waals surface area (Å²) in [5.41, 5.74) is 3.46. The molecule has 2 aliphatic rings. The van der Waals surface area contributed by atoms with Crippen molar-refractivity contribution >= 4 is 22.3 Å². The van der Waals surface area contributed by atoms with Crippen molar-refractivity contribution in [1.82, 2.24) is 0 Å². The van der Waals surface area contributed by atoms with Crippen LogP contribution in [-0.4, -0.2) is 12.7 Å². The van der Waals surface area contributed by atoms with Crippen LogP contribution < -0.4 is 15.4 Å². The normalized spacial score (nSPS) is 17.2. The Labute approximate surface area is 139 Å². The van der Waals surface area contributed by atoms with Gasteiger partial charge in [-0.25, -0.2) is 4.79 Å². The highest BCUT2D eigenvalue weighted by Gasteiger charge is 2.37. The molecular formula is C20H18N2O2. The average molecular weight is 318 g/mol. The predicted molar refractivity (Wildman–Crippen MR) is 95.5 cm³/mol. The fraction of sp³-hybridized carbons (Fsp3) is 0.250. The zero-order valence-corrected chi connectivity index (χ0v) is 13.3. The first-order valence-electron chi connectivity index (χ1n) is 8.42. The summed E-state index contributed by atoms with van der Waals surface area (Å²) in [6.07, 6.45) is 2.38. The highest BCUT2D eigenvalue weighted by molar-refractivity contribution is 5.93. The number of nitrogens with zero attached hydrogens (tertiary/aromatic N) is 2. The Morgan fingerprint density at radius 2 is 1.71 bits per heavy atom. The van der Waals surface area contributed by atoms with Crippen molar-refractivity contribution in [2.75, 3.05) is 16.5 Å². The fourth-order valence-electron chi connectivity index (χ4n) is 3.63. The van der Waals surface area contributed by atoms with Crippen molar-refractivity contribution in [3.8, 4) is 0 Å². The van der Waals surface area contributed by atoms with Gasteiger partial charge in [-0.15, -0.1) is 0 Å². The zero-order chi connectivity index (χ0) is 16.1. The van der Waals surface area contributed by atoms with Gasteiger partial charge in [0.2, 0.25) is 0 Å². The molecule has 0 amide bonds. The van der Waals surface area contributed by atoms with Crippen molar-refractivity contribution in [2.45, 2.75) is 25.4 Å². The third kappa shape index (κ3) is 2.10. The van der Waals surface area contributed by atoms with Gasteiger partial charge in [0.05, 0.1) is 24.5 Å². The van der Waals surface area contributed by atoms with Gasteiger partial charge in [-0.1, -0.05) is 30.3 Å². The molecule has 4 heteroatoms.